The number of aliphatic imine (C=N–C) groups is 1. The van der Waals surface area contributed by atoms with Crippen LogP contribution < -0.4 is 4.90 Å². The number of benzene rings is 3. The van der Waals surface area contributed by atoms with Crippen LogP contribution in [-0.4, -0.2) is 73.5 Å². The molecule has 1 aromatic heterocycles. The van der Waals surface area contributed by atoms with Gasteiger partial charge in [0.1, 0.15) is 6.10 Å². The molecule has 0 saturated carbocycles. The molecule has 2 aliphatic heterocycles. The number of methoxy groups -OCH3 is 2. The van der Waals surface area contributed by atoms with Crippen molar-refractivity contribution in [3.8, 4) is 5.88 Å². The summed E-state index contributed by atoms with van der Waals surface area (Å²) in [6, 6.07) is 20.6. The number of piperidine rings is 1. The Kier molecular flexibility index (Phi) is 8.01. The van der Waals surface area contributed by atoms with E-state index < -0.39 is 5.97 Å². The molecule has 1 atom stereocenters. The van der Waals surface area contributed by atoms with Gasteiger partial charge < -0.3 is 29.4 Å². The molecule has 3 aromatic carbocycles. The standard InChI is InChI=1S/C34H36N4O5/c1-37-15-13-21(14-16-37)17-30(39)38-20-29(42-2)26-19-24(10-12-28(26)38)35-32(22-7-5-4-6-8-22)31-25-11-9-23(34(41)43-3)18-27(25)36-33(31)40/h4-12,18-19,21,29,36,40H,13-17,20H2,1-3H3. The van der Waals surface area contributed by atoms with E-state index in [2.05, 4.69) is 16.9 Å². The molecule has 9 nitrogen and oxygen atoms in total. The van der Waals surface area contributed by atoms with Gasteiger partial charge in [-0.3, -0.25) is 4.79 Å². The van der Waals surface area contributed by atoms with E-state index >= 15 is 0 Å². The first-order chi connectivity index (χ1) is 20.9. The van der Waals surface area contributed by atoms with Crippen LogP contribution in [0.4, 0.5) is 11.4 Å². The summed E-state index contributed by atoms with van der Waals surface area (Å²) >= 11 is 0. The van der Waals surface area contributed by atoms with Gasteiger partial charge >= 0.3 is 5.97 Å². The Morgan fingerprint density at radius 2 is 1.77 bits per heavy atom. The van der Waals surface area contributed by atoms with Crippen LogP contribution in [0.15, 0.2) is 71.7 Å². The van der Waals surface area contributed by atoms with Gasteiger partial charge in [0.2, 0.25) is 5.91 Å². The normalized spacial score (nSPS) is 17.8. The average Bonchev–Trinajstić information content (AvgIpc) is 3.57. The minimum Gasteiger partial charge on any atom is -0.494 e. The van der Waals surface area contributed by atoms with Crippen molar-refractivity contribution in [3.05, 3.63) is 89.0 Å². The Labute approximate surface area is 250 Å². The van der Waals surface area contributed by atoms with Crippen molar-refractivity contribution >= 4 is 39.9 Å². The van der Waals surface area contributed by atoms with Crippen molar-refractivity contribution in [2.45, 2.75) is 25.4 Å². The lowest BCUT2D eigenvalue weighted by Gasteiger charge is -2.29. The molecular weight excluding hydrogens is 544 g/mol. The fraction of sp³-hybridized carbons (Fsp3) is 0.324. The highest BCUT2D eigenvalue weighted by Crippen LogP contribution is 2.41. The first-order valence-electron chi connectivity index (χ1n) is 14.6. The Morgan fingerprint density at radius 1 is 1.00 bits per heavy atom. The fourth-order valence-corrected chi connectivity index (χ4v) is 6.20. The molecule has 9 heteroatoms. The smallest absolute Gasteiger partial charge is 0.337 e. The number of ether oxygens (including phenoxy) is 2. The number of likely N-dealkylation sites (tertiary alicyclic amines) is 1. The topological polar surface area (TPSA) is 107 Å². The lowest BCUT2D eigenvalue weighted by Crippen LogP contribution is -2.35. The van der Waals surface area contributed by atoms with E-state index in [9.17, 15) is 14.7 Å². The molecule has 1 unspecified atom stereocenters. The highest BCUT2D eigenvalue weighted by Gasteiger charge is 2.34. The maximum atomic E-state index is 13.4. The van der Waals surface area contributed by atoms with Gasteiger partial charge in [-0.1, -0.05) is 36.4 Å². The number of nitrogens with zero attached hydrogens (tertiary/aromatic N) is 3. The minimum atomic E-state index is -0.459. The van der Waals surface area contributed by atoms with Crippen molar-refractivity contribution in [1.82, 2.24) is 9.88 Å². The molecule has 2 aliphatic rings. The van der Waals surface area contributed by atoms with Gasteiger partial charge in [0.05, 0.1) is 36.2 Å². The summed E-state index contributed by atoms with van der Waals surface area (Å²) in [5.41, 5.74) is 5.31. The number of hydrogen-bond acceptors (Lipinski definition) is 7. The molecular formula is C34H36N4O5. The summed E-state index contributed by atoms with van der Waals surface area (Å²) in [6.07, 6.45) is 2.36. The van der Waals surface area contributed by atoms with Crippen molar-refractivity contribution in [1.29, 1.82) is 0 Å². The Hall–Kier alpha value is -4.47. The summed E-state index contributed by atoms with van der Waals surface area (Å²) < 4.78 is 10.7. The molecule has 0 radical (unpaired) electrons. The zero-order valence-electron chi connectivity index (χ0n) is 24.7. The van der Waals surface area contributed by atoms with Crippen molar-refractivity contribution < 1.29 is 24.2 Å². The lowest BCUT2D eigenvalue weighted by atomic mass is 9.93. The molecule has 0 spiro atoms. The number of esters is 1. The van der Waals surface area contributed by atoms with Gasteiger partial charge in [-0.05, 0) is 69.2 Å². The number of hydrogen-bond donors (Lipinski definition) is 2. The number of anilines is 1. The number of H-pyrrole nitrogens is 1. The maximum Gasteiger partial charge on any atom is 0.337 e. The number of carbonyl (C=O) groups excluding carboxylic acids is 2. The van der Waals surface area contributed by atoms with Crippen LogP contribution in [0, 0.1) is 5.92 Å². The number of aromatic nitrogens is 1. The van der Waals surface area contributed by atoms with Crippen molar-refractivity contribution in [3.63, 3.8) is 0 Å². The monoisotopic (exact) mass is 580 g/mol. The molecule has 2 N–H and O–H groups in total. The van der Waals surface area contributed by atoms with E-state index in [1.165, 1.54) is 7.11 Å². The third-order valence-corrected chi connectivity index (χ3v) is 8.61. The SMILES string of the molecule is COC(=O)c1ccc2c(C(=Nc3ccc4c(c3)C(OC)CN4C(=O)CC3CCN(C)CC3)c3ccccc3)c(O)[nH]c2c1. The first kappa shape index (κ1) is 28.6. The van der Waals surface area contributed by atoms with E-state index in [0.29, 0.717) is 46.9 Å². The molecule has 0 aliphatic carbocycles. The molecule has 1 amide bonds. The molecule has 1 fully saturated rings. The highest BCUT2D eigenvalue weighted by atomic mass is 16.5. The predicted molar refractivity (Wildman–Crippen MR) is 166 cm³/mol. The van der Waals surface area contributed by atoms with Crippen LogP contribution in [-0.2, 0) is 14.3 Å². The second-order valence-corrected chi connectivity index (χ2v) is 11.3. The predicted octanol–water partition coefficient (Wildman–Crippen LogP) is 5.60. The minimum absolute atomic E-state index is 0.0544. The van der Waals surface area contributed by atoms with E-state index in [1.54, 1.807) is 25.3 Å². The van der Waals surface area contributed by atoms with Gasteiger partial charge in [-0.25, -0.2) is 9.79 Å². The molecule has 3 heterocycles. The zero-order chi connectivity index (χ0) is 30.1. The second kappa shape index (κ2) is 12.0. The number of rotatable bonds is 7. The van der Waals surface area contributed by atoms with Crippen LogP contribution in [0.5, 0.6) is 5.88 Å². The fourth-order valence-electron chi connectivity index (χ4n) is 6.20. The number of aromatic hydroxyl groups is 1. The Morgan fingerprint density at radius 3 is 2.49 bits per heavy atom. The van der Waals surface area contributed by atoms with Gasteiger partial charge in [-0.2, -0.15) is 0 Å². The van der Waals surface area contributed by atoms with Crippen LogP contribution in [0.1, 0.15) is 52.4 Å². The number of aromatic amines is 1. The largest absolute Gasteiger partial charge is 0.494 e. The first-order valence-corrected chi connectivity index (χ1v) is 14.6. The number of amides is 1. The molecule has 6 rings (SSSR count). The van der Waals surface area contributed by atoms with Gasteiger partial charge in [0.25, 0.3) is 0 Å². The molecule has 1 saturated heterocycles. The maximum absolute atomic E-state index is 13.4. The van der Waals surface area contributed by atoms with E-state index in [4.69, 9.17) is 14.5 Å². The van der Waals surface area contributed by atoms with Gasteiger partial charge in [-0.15, -0.1) is 0 Å². The Balaban J connectivity index is 1.37. The molecule has 222 valence electrons. The summed E-state index contributed by atoms with van der Waals surface area (Å²) in [6.45, 7) is 2.53. The van der Waals surface area contributed by atoms with Crippen LogP contribution in [0.25, 0.3) is 10.9 Å². The van der Waals surface area contributed by atoms with E-state index in [0.717, 1.165) is 48.1 Å². The third kappa shape index (κ3) is 5.66. The highest BCUT2D eigenvalue weighted by molar-refractivity contribution is 6.22. The summed E-state index contributed by atoms with van der Waals surface area (Å²) in [7, 11) is 5.12. The van der Waals surface area contributed by atoms with E-state index in [1.807, 2.05) is 53.4 Å². The number of carbonyl (C=O) groups is 2. The second-order valence-electron chi connectivity index (χ2n) is 11.3. The quantitative estimate of drug-likeness (QED) is 0.218. The summed E-state index contributed by atoms with van der Waals surface area (Å²) in [5, 5.41) is 11.8. The van der Waals surface area contributed by atoms with Crippen LogP contribution >= 0.6 is 0 Å². The van der Waals surface area contributed by atoms with E-state index in [-0.39, 0.29) is 17.9 Å². The zero-order valence-corrected chi connectivity index (χ0v) is 24.7. The molecule has 43 heavy (non-hydrogen) atoms. The van der Waals surface area contributed by atoms with Crippen molar-refractivity contribution in [2.24, 2.45) is 10.9 Å². The number of fused-ring (bicyclic) bond motifs is 2. The van der Waals surface area contributed by atoms with Crippen molar-refractivity contribution in [2.75, 3.05) is 45.8 Å². The Bertz CT molecular complexity index is 1690. The molecule has 0 bridgehead atoms. The van der Waals surface area contributed by atoms with Gasteiger partial charge in [0.15, 0.2) is 5.88 Å². The average molecular weight is 581 g/mol. The van der Waals surface area contributed by atoms with Gasteiger partial charge in [0, 0.05) is 41.2 Å². The lowest BCUT2D eigenvalue weighted by molar-refractivity contribution is -0.120. The van der Waals surface area contributed by atoms with Crippen LogP contribution in [0.3, 0.4) is 0 Å². The molecule has 4 aromatic rings. The number of nitrogens with one attached hydrogen (secondary N) is 1. The third-order valence-electron chi connectivity index (χ3n) is 8.61. The van der Waals surface area contributed by atoms with Crippen LogP contribution in [0.2, 0.25) is 0 Å². The summed E-state index contributed by atoms with van der Waals surface area (Å²) in [5.74, 6) is 0.0191. The summed E-state index contributed by atoms with van der Waals surface area (Å²) in [4.78, 5) is 37.8.